The molecule has 0 atom stereocenters. The third kappa shape index (κ3) is 6.40. The van der Waals surface area contributed by atoms with Crippen molar-refractivity contribution in [2.75, 3.05) is 0 Å². The molecule has 0 N–H and O–H groups in total. The normalized spacial score (nSPS) is 19.5. The van der Waals surface area contributed by atoms with E-state index >= 15 is 0 Å². The van der Waals surface area contributed by atoms with Gasteiger partial charge in [-0.25, -0.2) is 13.2 Å². The van der Waals surface area contributed by atoms with E-state index < -0.39 is 29.6 Å². The largest absolute Gasteiger partial charge is 0.573 e. The number of halogens is 6. The van der Waals surface area contributed by atoms with Gasteiger partial charge in [-0.1, -0.05) is 32.3 Å². The van der Waals surface area contributed by atoms with Crippen LogP contribution in [-0.2, 0) is 6.42 Å². The number of unbranched alkanes of at least 4 members (excludes halogenated alkanes) is 1. The molecule has 2 aromatic carbocycles. The predicted molar refractivity (Wildman–Crippen MR) is 106 cm³/mol. The molecule has 0 saturated heterocycles. The molecule has 1 aliphatic rings. The molecule has 0 aliphatic heterocycles. The Morgan fingerprint density at radius 2 is 1.55 bits per heavy atom. The van der Waals surface area contributed by atoms with Crippen molar-refractivity contribution in [2.24, 2.45) is 5.92 Å². The molecule has 170 valence electrons. The van der Waals surface area contributed by atoms with E-state index in [9.17, 15) is 26.3 Å². The summed E-state index contributed by atoms with van der Waals surface area (Å²) < 4.78 is 83.6. The minimum absolute atomic E-state index is 0.118. The summed E-state index contributed by atoms with van der Waals surface area (Å²) in [6, 6.07) is 5.44. The summed E-state index contributed by atoms with van der Waals surface area (Å²) in [6.07, 6.45) is 2.20. The van der Waals surface area contributed by atoms with Crippen molar-refractivity contribution in [1.29, 1.82) is 0 Å². The van der Waals surface area contributed by atoms with E-state index in [1.807, 2.05) is 0 Å². The molecule has 2 aromatic rings. The molecular weight excluding hydrogens is 418 g/mol. The van der Waals surface area contributed by atoms with Crippen LogP contribution in [0, 0.1) is 23.4 Å². The first-order valence-electron chi connectivity index (χ1n) is 10.7. The van der Waals surface area contributed by atoms with Gasteiger partial charge < -0.3 is 4.74 Å². The van der Waals surface area contributed by atoms with Gasteiger partial charge in [0.05, 0.1) is 0 Å². The van der Waals surface area contributed by atoms with Crippen molar-refractivity contribution in [2.45, 2.75) is 70.6 Å². The first kappa shape index (κ1) is 23.5. The third-order valence-electron chi connectivity index (χ3n) is 6.05. The Kier molecular flexibility index (Phi) is 7.55. The van der Waals surface area contributed by atoms with Gasteiger partial charge in [0.15, 0.2) is 11.6 Å². The maximum absolute atomic E-state index is 14.7. The molecule has 7 heteroatoms. The summed E-state index contributed by atoms with van der Waals surface area (Å²) in [7, 11) is 0. The molecule has 0 heterocycles. The Hall–Kier alpha value is -2.18. The quantitative estimate of drug-likeness (QED) is 0.393. The number of rotatable bonds is 7. The highest BCUT2D eigenvalue weighted by atomic mass is 19.4. The van der Waals surface area contributed by atoms with Gasteiger partial charge >= 0.3 is 6.36 Å². The van der Waals surface area contributed by atoms with Crippen LogP contribution in [0.4, 0.5) is 26.3 Å². The first-order valence-corrected chi connectivity index (χ1v) is 10.7. The minimum Gasteiger partial charge on any atom is -0.403 e. The van der Waals surface area contributed by atoms with Gasteiger partial charge in [-0.05, 0) is 72.9 Å². The summed E-state index contributed by atoms with van der Waals surface area (Å²) in [5.41, 5.74) is 0.547. The highest BCUT2D eigenvalue weighted by molar-refractivity contribution is 5.36. The molecule has 0 spiro atoms. The smallest absolute Gasteiger partial charge is 0.403 e. The van der Waals surface area contributed by atoms with Gasteiger partial charge in [0.25, 0.3) is 0 Å². The van der Waals surface area contributed by atoms with E-state index in [0.29, 0.717) is 11.5 Å². The minimum atomic E-state index is -5.02. The summed E-state index contributed by atoms with van der Waals surface area (Å²) in [4.78, 5) is 0. The molecule has 0 unspecified atom stereocenters. The average molecular weight is 444 g/mol. The topological polar surface area (TPSA) is 9.23 Å². The second-order valence-corrected chi connectivity index (χ2v) is 8.31. The predicted octanol–water partition coefficient (Wildman–Crippen LogP) is 8.06. The summed E-state index contributed by atoms with van der Waals surface area (Å²) >= 11 is 0. The lowest BCUT2D eigenvalue weighted by molar-refractivity contribution is -0.275. The maximum atomic E-state index is 14.7. The fourth-order valence-corrected chi connectivity index (χ4v) is 4.37. The SMILES string of the molecule is CCCCC1CCC(c2cc(F)c(Cc3ccc(OC(F)(F)F)c(F)c3)c(F)c2)CC1. The Morgan fingerprint density at radius 1 is 0.903 bits per heavy atom. The second kappa shape index (κ2) is 9.96. The lowest BCUT2D eigenvalue weighted by Crippen LogP contribution is -2.18. The van der Waals surface area contributed by atoms with E-state index in [1.54, 1.807) is 0 Å². The number of hydrogen-bond acceptors (Lipinski definition) is 1. The van der Waals surface area contributed by atoms with Crippen LogP contribution < -0.4 is 4.74 Å². The van der Waals surface area contributed by atoms with Gasteiger partial charge in [-0.2, -0.15) is 0 Å². The molecular formula is C24H26F6O. The molecule has 1 aliphatic carbocycles. The molecule has 0 radical (unpaired) electrons. The number of hydrogen-bond donors (Lipinski definition) is 0. The number of alkyl halides is 3. The second-order valence-electron chi connectivity index (χ2n) is 8.31. The maximum Gasteiger partial charge on any atom is 0.573 e. The number of ether oxygens (including phenoxy) is 1. The average Bonchev–Trinajstić information content (AvgIpc) is 2.70. The van der Waals surface area contributed by atoms with Gasteiger partial charge in [0.1, 0.15) is 11.6 Å². The highest BCUT2D eigenvalue weighted by Crippen LogP contribution is 2.38. The van der Waals surface area contributed by atoms with Gasteiger partial charge in [0, 0.05) is 12.0 Å². The van der Waals surface area contributed by atoms with E-state index in [-0.39, 0.29) is 23.5 Å². The Morgan fingerprint density at radius 3 is 2.10 bits per heavy atom. The molecule has 1 fully saturated rings. The zero-order valence-electron chi connectivity index (χ0n) is 17.4. The standard InChI is InChI=1S/C24H26F6O/c1-2-3-4-15-5-8-17(9-6-15)18-13-20(25)19(21(26)14-18)11-16-7-10-23(22(27)12-16)31-24(28,29)30/h7,10,12-15,17H,2-6,8-9,11H2,1H3. The van der Waals surface area contributed by atoms with Gasteiger partial charge in [0.2, 0.25) is 0 Å². The molecule has 3 rings (SSSR count). The van der Waals surface area contributed by atoms with Crippen molar-refractivity contribution in [1.82, 2.24) is 0 Å². The molecule has 31 heavy (non-hydrogen) atoms. The van der Waals surface area contributed by atoms with Gasteiger partial charge in [-0.3, -0.25) is 0 Å². The number of benzene rings is 2. The van der Waals surface area contributed by atoms with Crippen molar-refractivity contribution in [3.05, 3.63) is 64.5 Å². The van der Waals surface area contributed by atoms with Crippen LogP contribution in [-0.4, -0.2) is 6.36 Å². The Balaban J connectivity index is 1.69. The zero-order chi connectivity index (χ0) is 22.6. The molecule has 1 saturated carbocycles. The van der Waals surface area contributed by atoms with Crippen LogP contribution in [0.25, 0.3) is 0 Å². The lowest BCUT2D eigenvalue weighted by Gasteiger charge is -2.29. The Labute approximate surface area is 178 Å². The van der Waals surface area contributed by atoms with Crippen molar-refractivity contribution < 1.29 is 31.1 Å². The van der Waals surface area contributed by atoms with E-state index in [2.05, 4.69) is 11.7 Å². The fraction of sp³-hybridized carbons (Fsp3) is 0.500. The molecule has 0 bridgehead atoms. The van der Waals surface area contributed by atoms with Crippen LogP contribution in [0.2, 0.25) is 0 Å². The van der Waals surface area contributed by atoms with Crippen LogP contribution >= 0.6 is 0 Å². The van der Waals surface area contributed by atoms with E-state index in [1.165, 1.54) is 31.4 Å². The van der Waals surface area contributed by atoms with Crippen LogP contribution in [0.15, 0.2) is 30.3 Å². The summed E-state index contributed by atoms with van der Waals surface area (Å²) in [6.45, 7) is 2.16. The molecule has 0 amide bonds. The third-order valence-corrected chi connectivity index (χ3v) is 6.05. The van der Waals surface area contributed by atoms with Crippen molar-refractivity contribution >= 4 is 0 Å². The first-order chi connectivity index (χ1) is 14.7. The molecule has 0 aromatic heterocycles. The van der Waals surface area contributed by atoms with Crippen molar-refractivity contribution in [3.63, 3.8) is 0 Å². The Bertz CT molecular complexity index is 861. The van der Waals surface area contributed by atoms with E-state index in [4.69, 9.17) is 0 Å². The van der Waals surface area contributed by atoms with Gasteiger partial charge in [-0.15, -0.1) is 13.2 Å². The molecule has 1 nitrogen and oxygen atoms in total. The summed E-state index contributed by atoms with van der Waals surface area (Å²) in [5, 5.41) is 0. The van der Waals surface area contributed by atoms with Crippen molar-refractivity contribution in [3.8, 4) is 5.75 Å². The fourth-order valence-electron chi connectivity index (χ4n) is 4.37. The van der Waals surface area contributed by atoms with Crippen LogP contribution in [0.1, 0.15) is 74.5 Å². The van der Waals surface area contributed by atoms with Crippen LogP contribution in [0.3, 0.4) is 0 Å². The van der Waals surface area contributed by atoms with E-state index in [0.717, 1.165) is 43.9 Å². The lowest BCUT2D eigenvalue weighted by atomic mass is 9.77. The highest BCUT2D eigenvalue weighted by Gasteiger charge is 2.32. The summed E-state index contributed by atoms with van der Waals surface area (Å²) in [5.74, 6) is -2.87. The van der Waals surface area contributed by atoms with Crippen LogP contribution in [0.5, 0.6) is 5.75 Å². The zero-order valence-corrected chi connectivity index (χ0v) is 17.4. The monoisotopic (exact) mass is 444 g/mol.